The van der Waals surface area contributed by atoms with Gasteiger partial charge in [-0.3, -0.25) is 0 Å². The Morgan fingerprint density at radius 3 is 2.39 bits per heavy atom. The zero-order valence-electron chi connectivity index (χ0n) is 12.7. The van der Waals surface area contributed by atoms with Gasteiger partial charge < -0.3 is 5.32 Å². The van der Waals surface area contributed by atoms with Crippen LogP contribution in [0.4, 0.5) is 0 Å². The number of unbranched alkanes of at least 4 members (excludes halogenated alkanes) is 1. The highest BCUT2D eigenvalue weighted by Crippen LogP contribution is 2.34. The molecule has 2 heteroatoms. The van der Waals surface area contributed by atoms with Gasteiger partial charge in [0.2, 0.25) is 0 Å². The van der Waals surface area contributed by atoms with Crippen molar-refractivity contribution in [1.82, 2.24) is 5.32 Å². The molecule has 1 rings (SSSR count). The van der Waals surface area contributed by atoms with Crippen LogP contribution in [0.2, 0.25) is 0 Å². The van der Waals surface area contributed by atoms with Crippen molar-refractivity contribution in [3.8, 4) is 0 Å². The van der Waals surface area contributed by atoms with Crippen molar-refractivity contribution in [1.29, 1.82) is 0 Å². The van der Waals surface area contributed by atoms with Gasteiger partial charge in [0, 0.05) is 15.8 Å². The molecule has 104 valence electrons. The first-order valence-corrected chi connectivity index (χ1v) is 8.25. The summed E-state index contributed by atoms with van der Waals surface area (Å²) >= 11 is 1.94. The fraction of sp³-hybridized carbons (Fsp3) is 0.750. The van der Waals surface area contributed by atoms with Gasteiger partial charge in [0.05, 0.1) is 0 Å². The SMILES string of the molecule is CCCCC(CC)C(NCC)c1cc(C)sc1C. The van der Waals surface area contributed by atoms with Crippen molar-refractivity contribution in [3.63, 3.8) is 0 Å². The van der Waals surface area contributed by atoms with Crippen LogP contribution in [-0.4, -0.2) is 6.54 Å². The van der Waals surface area contributed by atoms with Crippen LogP contribution in [0.3, 0.4) is 0 Å². The Morgan fingerprint density at radius 1 is 1.22 bits per heavy atom. The lowest BCUT2D eigenvalue weighted by molar-refractivity contribution is 0.327. The minimum atomic E-state index is 0.552. The first-order chi connectivity index (χ1) is 8.63. The fourth-order valence-electron chi connectivity index (χ4n) is 2.78. The van der Waals surface area contributed by atoms with Crippen LogP contribution in [-0.2, 0) is 0 Å². The Labute approximate surface area is 117 Å². The van der Waals surface area contributed by atoms with Crippen molar-refractivity contribution < 1.29 is 0 Å². The third kappa shape index (κ3) is 4.10. The van der Waals surface area contributed by atoms with Gasteiger partial charge in [0.1, 0.15) is 0 Å². The van der Waals surface area contributed by atoms with Crippen molar-refractivity contribution in [2.24, 2.45) is 5.92 Å². The third-order valence-electron chi connectivity index (χ3n) is 3.76. The molecule has 0 aliphatic heterocycles. The molecule has 2 atom stereocenters. The highest BCUT2D eigenvalue weighted by molar-refractivity contribution is 7.12. The standard InChI is InChI=1S/C16H29NS/c1-6-9-10-14(7-2)16(17-8-3)15-11-12(4)18-13(15)5/h11,14,16-17H,6-10H2,1-5H3. The predicted octanol–water partition coefficient (Wildman–Crippen LogP) is 5.23. The molecule has 0 amide bonds. The second-order valence-corrected chi connectivity index (χ2v) is 6.67. The molecule has 1 aromatic rings. The highest BCUT2D eigenvalue weighted by atomic mass is 32.1. The van der Waals surface area contributed by atoms with E-state index in [0.29, 0.717) is 6.04 Å². The van der Waals surface area contributed by atoms with E-state index in [1.807, 2.05) is 11.3 Å². The molecule has 0 saturated heterocycles. The molecule has 0 spiro atoms. The smallest absolute Gasteiger partial charge is 0.0359 e. The van der Waals surface area contributed by atoms with Crippen molar-refractivity contribution in [3.05, 3.63) is 21.4 Å². The summed E-state index contributed by atoms with van der Waals surface area (Å²) in [5.41, 5.74) is 1.54. The summed E-state index contributed by atoms with van der Waals surface area (Å²) in [7, 11) is 0. The van der Waals surface area contributed by atoms with E-state index in [9.17, 15) is 0 Å². The molecule has 0 radical (unpaired) electrons. The van der Waals surface area contributed by atoms with Crippen molar-refractivity contribution in [2.45, 2.75) is 66.3 Å². The van der Waals surface area contributed by atoms with E-state index in [4.69, 9.17) is 0 Å². The molecule has 0 aliphatic rings. The van der Waals surface area contributed by atoms with Crippen LogP contribution in [0.25, 0.3) is 0 Å². The lowest BCUT2D eigenvalue weighted by Crippen LogP contribution is -2.28. The minimum absolute atomic E-state index is 0.552. The number of rotatable bonds is 8. The van der Waals surface area contributed by atoms with Crippen LogP contribution >= 0.6 is 11.3 Å². The molecular weight excluding hydrogens is 238 g/mol. The Balaban J connectivity index is 2.88. The van der Waals surface area contributed by atoms with Gasteiger partial charge in [-0.2, -0.15) is 0 Å². The number of hydrogen-bond acceptors (Lipinski definition) is 2. The molecule has 1 aromatic heterocycles. The Hall–Kier alpha value is -0.340. The quantitative estimate of drug-likeness (QED) is 0.680. The number of nitrogens with one attached hydrogen (secondary N) is 1. The Kier molecular flexibility index (Phi) is 6.95. The van der Waals surface area contributed by atoms with Gasteiger partial charge in [0.15, 0.2) is 0 Å². The molecule has 1 nitrogen and oxygen atoms in total. The molecule has 0 aromatic carbocycles. The lowest BCUT2D eigenvalue weighted by atomic mass is 9.87. The van der Waals surface area contributed by atoms with Crippen LogP contribution < -0.4 is 5.32 Å². The second-order valence-electron chi connectivity index (χ2n) is 5.21. The summed E-state index contributed by atoms with van der Waals surface area (Å²) in [6.45, 7) is 12.4. The van der Waals surface area contributed by atoms with Gasteiger partial charge >= 0.3 is 0 Å². The molecule has 0 aliphatic carbocycles. The van der Waals surface area contributed by atoms with E-state index < -0.39 is 0 Å². The van der Waals surface area contributed by atoms with Crippen LogP contribution in [0.1, 0.15) is 67.8 Å². The lowest BCUT2D eigenvalue weighted by Gasteiger charge is -2.27. The largest absolute Gasteiger partial charge is 0.310 e. The van der Waals surface area contributed by atoms with Crippen molar-refractivity contribution in [2.75, 3.05) is 6.54 Å². The van der Waals surface area contributed by atoms with E-state index in [1.54, 1.807) is 5.56 Å². The first kappa shape index (κ1) is 15.7. The maximum Gasteiger partial charge on any atom is 0.0359 e. The summed E-state index contributed by atoms with van der Waals surface area (Å²) in [6, 6.07) is 2.94. The average Bonchev–Trinajstić information content (AvgIpc) is 2.67. The minimum Gasteiger partial charge on any atom is -0.310 e. The summed E-state index contributed by atoms with van der Waals surface area (Å²) in [5, 5.41) is 3.72. The van der Waals surface area contributed by atoms with E-state index >= 15 is 0 Å². The monoisotopic (exact) mass is 267 g/mol. The summed E-state index contributed by atoms with van der Waals surface area (Å²) < 4.78 is 0. The topological polar surface area (TPSA) is 12.0 Å². The van der Waals surface area contributed by atoms with E-state index in [1.165, 1.54) is 35.4 Å². The van der Waals surface area contributed by atoms with Gasteiger partial charge in [-0.1, -0.05) is 40.0 Å². The van der Waals surface area contributed by atoms with E-state index in [2.05, 4.69) is 46.0 Å². The first-order valence-electron chi connectivity index (χ1n) is 7.44. The van der Waals surface area contributed by atoms with Gasteiger partial charge in [-0.05, 0) is 44.4 Å². The molecule has 2 unspecified atom stereocenters. The fourth-order valence-corrected chi connectivity index (χ4v) is 3.76. The Bertz CT molecular complexity index is 343. The number of hydrogen-bond donors (Lipinski definition) is 1. The maximum atomic E-state index is 3.72. The Morgan fingerprint density at radius 2 is 1.94 bits per heavy atom. The molecule has 1 N–H and O–H groups in total. The van der Waals surface area contributed by atoms with Crippen LogP contribution in [0.15, 0.2) is 6.07 Å². The highest BCUT2D eigenvalue weighted by Gasteiger charge is 2.23. The molecule has 0 saturated carbocycles. The maximum absolute atomic E-state index is 3.72. The van der Waals surface area contributed by atoms with E-state index in [-0.39, 0.29) is 0 Å². The van der Waals surface area contributed by atoms with Crippen molar-refractivity contribution >= 4 is 11.3 Å². The zero-order valence-corrected chi connectivity index (χ0v) is 13.5. The molecule has 0 fully saturated rings. The summed E-state index contributed by atoms with van der Waals surface area (Å²) in [4.78, 5) is 2.93. The molecule has 1 heterocycles. The normalized spacial score (nSPS) is 14.7. The average molecular weight is 267 g/mol. The van der Waals surface area contributed by atoms with Crippen LogP contribution in [0.5, 0.6) is 0 Å². The van der Waals surface area contributed by atoms with E-state index in [0.717, 1.165) is 12.5 Å². The number of thiophene rings is 1. The summed E-state index contributed by atoms with van der Waals surface area (Å²) in [5.74, 6) is 0.776. The predicted molar refractivity (Wildman–Crippen MR) is 83.5 cm³/mol. The van der Waals surface area contributed by atoms with Gasteiger partial charge in [-0.15, -0.1) is 11.3 Å². The molecule has 18 heavy (non-hydrogen) atoms. The van der Waals surface area contributed by atoms with Gasteiger partial charge in [0.25, 0.3) is 0 Å². The molecular formula is C16H29NS. The summed E-state index contributed by atoms with van der Waals surface area (Å²) in [6.07, 6.45) is 5.27. The third-order valence-corrected chi connectivity index (χ3v) is 4.74. The molecule has 0 bridgehead atoms. The second kappa shape index (κ2) is 7.96. The van der Waals surface area contributed by atoms with Gasteiger partial charge in [-0.25, -0.2) is 0 Å². The van der Waals surface area contributed by atoms with Crippen LogP contribution in [0, 0.1) is 19.8 Å². The number of aryl methyl sites for hydroxylation is 2. The zero-order chi connectivity index (χ0) is 13.5.